The number of hydrogen-bond donors (Lipinski definition) is 0. The van der Waals surface area contributed by atoms with Gasteiger partial charge in [-0.1, -0.05) is 12.8 Å². The Labute approximate surface area is 124 Å². The van der Waals surface area contributed by atoms with E-state index in [0.29, 0.717) is 5.56 Å². The third-order valence-corrected chi connectivity index (χ3v) is 4.02. The number of methoxy groups -OCH3 is 1. The van der Waals surface area contributed by atoms with Crippen LogP contribution in [0.4, 0.5) is 0 Å². The molecule has 5 nitrogen and oxygen atoms in total. The Bertz CT molecular complexity index is 627. The Kier molecular flexibility index (Phi) is 4.20. The fourth-order valence-corrected chi connectivity index (χ4v) is 2.88. The Balaban J connectivity index is 1.78. The van der Waals surface area contributed by atoms with Crippen molar-refractivity contribution in [2.45, 2.75) is 32.2 Å². The Hall–Kier alpha value is -1.88. The van der Waals surface area contributed by atoms with Crippen molar-refractivity contribution in [3.8, 4) is 0 Å². The number of nitrogens with zero attached hydrogens (tertiary/aromatic N) is 3. The summed E-state index contributed by atoms with van der Waals surface area (Å²) < 4.78 is 6.70. The first-order valence-electron chi connectivity index (χ1n) is 7.54. The molecule has 0 bridgehead atoms. The molecule has 0 unspecified atom stereocenters. The molecule has 1 aliphatic heterocycles. The number of aromatic nitrogens is 2. The maximum absolute atomic E-state index is 11.6. The number of likely N-dealkylation sites (tertiary alicyclic amines) is 1. The van der Waals surface area contributed by atoms with Crippen molar-refractivity contribution >= 4 is 11.6 Å². The van der Waals surface area contributed by atoms with Gasteiger partial charge in [0.2, 0.25) is 0 Å². The van der Waals surface area contributed by atoms with Crippen LogP contribution in [0, 0.1) is 0 Å². The summed E-state index contributed by atoms with van der Waals surface area (Å²) in [6.07, 6.45) is 9.13. The van der Waals surface area contributed by atoms with E-state index >= 15 is 0 Å². The summed E-state index contributed by atoms with van der Waals surface area (Å²) >= 11 is 0. The van der Waals surface area contributed by atoms with Crippen LogP contribution in [0.2, 0.25) is 0 Å². The van der Waals surface area contributed by atoms with E-state index in [0.717, 1.165) is 31.0 Å². The average molecular weight is 287 g/mol. The molecule has 0 amide bonds. The van der Waals surface area contributed by atoms with Gasteiger partial charge >= 0.3 is 5.97 Å². The highest BCUT2D eigenvalue weighted by atomic mass is 16.5. The van der Waals surface area contributed by atoms with Crippen LogP contribution in [0.3, 0.4) is 0 Å². The van der Waals surface area contributed by atoms with Gasteiger partial charge in [-0.25, -0.2) is 9.78 Å². The molecule has 0 atom stereocenters. The number of fused-ring (bicyclic) bond motifs is 1. The lowest BCUT2D eigenvalue weighted by Crippen LogP contribution is -2.24. The van der Waals surface area contributed by atoms with Crippen LogP contribution in [0.25, 0.3) is 5.65 Å². The quantitative estimate of drug-likeness (QED) is 0.814. The fraction of sp³-hybridized carbons (Fsp3) is 0.500. The number of rotatable bonds is 3. The average Bonchev–Trinajstić information content (AvgIpc) is 2.72. The maximum atomic E-state index is 11.6. The number of esters is 1. The van der Waals surface area contributed by atoms with Crippen LogP contribution >= 0.6 is 0 Å². The zero-order valence-electron chi connectivity index (χ0n) is 12.4. The van der Waals surface area contributed by atoms with Gasteiger partial charge in [-0.05, 0) is 38.1 Å². The SMILES string of the molecule is COC(=O)c1ccn2cc(CN3CCCCCC3)nc2c1. The molecule has 1 saturated heterocycles. The number of ether oxygens (including phenoxy) is 1. The highest BCUT2D eigenvalue weighted by Crippen LogP contribution is 2.14. The second kappa shape index (κ2) is 6.26. The zero-order valence-corrected chi connectivity index (χ0v) is 12.4. The van der Waals surface area contributed by atoms with Crippen molar-refractivity contribution in [2.75, 3.05) is 20.2 Å². The third kappa shape index (κ3) is 3.24. The van der Waals surface area contributed by atoms with Gasteiger partial charge < -0.3 is 9.14 Å². The third-order valence-electron chi connectivity index (χ3n) is 4.02. The van der Waals surface area contributed by atoms with Crippen molar-refractivity contribution in [1.29, 1.82) is 0 Å². The molecule has 1 fully saturated rings. The van der Waals surface area contributed by atoms with Crippen molar-refractivity contribution in [2.24, 2.45) is 0 Å². The van der Waals surface area contributed by atoms with Gasteiger partial charge in [-0.15, -0.1) is 0 Å². The Morgan fingerprint density at radius 2 is 2.05 bits per heavy atom. The highest BCUT2D eigenvalue weighted by Gasteiger charge is 2.12. The van der Waals surface area contributed by atoms with Gasteiger partial charge in [0.15, 0.2) is 0 Å². The summed E-state index contributed by atoms with van der Waals surface area (Å²) in [4.78, 5) is 18.6. The van der Waals surface area contributed by atoms with E-state index in [4.69, 9.17) is 4.74 Å². The second-order valence-electron chi connectivity index (χ2n) is 5.60. The normalized spacial score (nSPS) is 16.8. The molecule has 3 rings (SSSR count). The summed E-state index contributed by atoms with van der Waals surface area (Å²) in [5, 5.41) is 0. The predicted molar refractivity (Wildman–Crippen MR) is 80.3 cm³/mol. The van der Waals surface area contributed by atoms with Crippen molar-refractivity contribution in [3.05, 3.63) is 35.8 Å². The van der Waals surface area contributed by atoms with Gasteiger partial charge in [0.1, 0.15) is 5.65 Å². The number of pyridine rings is 1. The van der Waals surface area contributed by atoms with Gasteiger partial charge in [0.25, 0.3) is 0 Å². The molecular weight excluding hydrogens is 266 g/mol. The molecule has 1 aliphatic rings. The molecule has 0 spiro atoms. The van der Waals surface area contributed by atoms with E-state index in [1.165, 1.54) is 32.8 Å². The molecule has 0 aromatic carbocycles. The topological polar surface area (TPSA) is 46.8 Å². The largest absolute Gasteiger partial charge is 0.465 e. The van der Waals surface area contributed by atoms with Crippen molar-refractivity contribution in [1.82, 2.24) is 14.3 Å². The lowest BCUT2D eigenvalue weighted by Gasteiger charge is -2.17. The summed E-state index contributed by atoms with van der Waals surface area (Å²) in [5.74, 6) is -0.324. The summed E-state index contributed by atoms with van der Waals surface area (Å²) in [6, 6.07) is 3.54. The first kappa shape index (κ1) is 14.1. The minimum atomic E-state index is -0.324. The molecule has 2 aromatic heterocycles. The van der Waals surface area contributed by atoms with E-state index in [1.807, 2.05) is 16.8 Å². The minimum absolute atomic E-state index is 0.324. The molecule has 0 saturated carbocycles. The first-order valence-corrected chi connectivity index (χ1v) is 7.54. The Morgan fingerprint density at radius 1 is 1.29 bits per heavy atom. The highest BCUT2D eigenvalue weighted by molar-refractivity contribution is 5.90. The zero-order chi connectivity index (χ0) is 14.7. The van der Waals surface area contributed by atoms with E-state index in [1.54, 1.807) is 12.1 Å². The van der Waals surface area contributed by atoms with Crippen LogP contribution in [0.1, 0.15) is 41.7 Å². The first-order chi connectivity index (χ1) is 10.3. The number of hydrogen-bond acceptors (Lipinski definition) is 4. The van der Waals surface area contributed by atoms with Crippen LogP contribution in [0.15, 0.2) is 24.5 Å². The monoisotopic (exact) mass is 287 g/mol. The van der Waals surface area contributed by atoms with Gasteiger partial charge in [-0.2, -0.15) is 0 Å². The molecule has 112 valence electrons. The smallest absolute Gasteiger partial charge is 0.338 e. The van der Waals surface area contributed by atoms with E-state index in [9.17, 15) is 4.79 Å². The van der Waals surface area contributed by atoms with Gasteiger partial charge in [0.05, 0.1) is 18.4 Å². The van der Waals surface area contributed by atoms with Crippen molar-refractivity contribution in [3.63, 3.8) is 0 Å². The van der Waals surface area contributed by atoms with E-state index in [2.05, 4.69) is 9.88 Å². The lowest BCUT2D eigenvalue weighted by atomic mass is 10.2. The molecule has 0 aliphatic carbocycles. The molecule has 0 N–H and O–H groups in total. The molecule has 2 aromatic rings. The minimum Gasteiger partial charge on any atom is -0.465 e. The van der Waals surface area contributed by atoms with Gasteiger partial charge in [-0.3, -0.25) is 4.90 Å². The van der Waals surface area contributed by atoms with E-state index < -0.39 is 0 Å². The summed E-state index contributed by atoms with van der Waals surface area (Å²) in [7, 11) is 1.39. The van der Waals surface area contributed by atoms with Crippen LogP contribution < -0.4 is 0 Å². The van der Waals surface area contributed by atoms with Gasteiger partial charge in [0, 0.05) is 18.9 Å². The number of carbonyl (C=O) groups is 1. The maximum Gasteiger partial charge on any atom is 0.338 e. The molecule has 5 heteroatoms. The number of imidazole rings is 1. The van der Waals surface area contributed by atoms with Crippen LogP contribution in [0.5, 0.6) is 0 Å². The standard InChI is InChI=1S/C16H21N3O2/c1-21-16(20)13-6-9-19-12-14(17-15(19)10-13)11-18-7-4-2-3-5-8-18/h6,9-10,12H,2-5,7-8,11H2,1H3. The lowest BCUT2D eigenvalue weighted by molar-refractivity contribution is 0.0600. The molecule has 21 heavy (non-hydrogen) atoms. The van der Waals surface area contributed by atoms with E-state index in [-0.39, 0.29) is 5.97 Å². The fourth-order valence-electron chi connectivity index (χ4n) is 2.88. The summed E-state index contributed by atoms with van der Waals surface area (Å²) in [6.45, 7) is 3.19. The molecule has 3 heterocycles. The number of carbonyl (C=O) groups excluding carboxylic acids is 1. The van der Waals surface area contributed by atoms with Crippen molar-refractivity contribution < 1.29 is 9.53 Å². The predicted octanol–water partition coefficient (Wildman–Crippen LogP) is 2.50. The summed E-state index contributed by atoms with van der Waals surface area (Å²) in [5.41, 5.74) is 2.39. The van der Waals surface area contributed by atoms with Crippen LogP contribution in [-0.4, -0.2) is 40.5 Å². The molecule has 0 radical (unpaired) electrons. The van der Waals surface area contributed by atoms with Crippen LogP contribution in [-0.2, 0) is 11.3 Å². The Morgan fingerprint density at radius 3 is 2.76 bits per heavy atom. The molecular formula is C16H21N3O2. The second-order valence-corrected chi connectivity index (χ2v) is 5.60.